The first-order valence-corrected chi connectivity index (χ1v) is 7.41. The Hall–Kier alpha value is -0.930. The highest BCUT2D eigenvalue weighted by Gasteiger charge is 2.24. The molecule has 0 unspecified atom stereocenters. The Morgan fingerprint density at radius 3 is 2.22 bits per heavy atom. The van der Waals surface area contributed by atoms with Crippen LogP contribution in [0.15, 0.2) is 36.4 Å². The lowest BCUT2D eigenvalue weighted by Gasteiger charge is -2.14. The van der Waals surface area contributed by atoms with E-state index in [-0.39, 0.29) is 6.61 Å². The summed E-state index contributed by atoms with van der Waals surface area (Å²) in [6.45, 7) is 4.26. The zero-order chi connectivity index (χ0) is 13.3. The summed E-state index contributed by atoms with van der Waals surface area (Å²) in [6, 6.07) is 9.80. The zero-order valence-electron chi connectivity index (χ0n) is 10.7. The molecule has 0 radical (unpaired) electrons. The predicted octanol–water partition coefficient (Wildman–Crippen LogP) is 3.90. The van der Waals surface area contributed by atoms with E-state index in [0.29, 0.717) is 13.2 Å². The summed E-state index contributed by atoms with van der Waals surface area (Å²) >= 11 is 0. The number of phosphoric ester groups is 1. The Bertz CT molecular complexity index is 393. The van der Waals surface area contributed by atoms with Crippen LogP contribution in [-0.2, 0) is 18.1 Å². The van der Waals surface area contributed by atoms with Crippen LogP contribution < -0.4 is 0 Å². The lowest BCUT2D eigenvalue weighted by Crippen LogP contribution is -2.00. The van der Waals surface area contributed by atoms with Crippen molar-refractivity contribution >= 4 is 13.9 Å². The van der Waals surface area contributed by atoms with Gasteiger partial charge in [0.1, 0.15) is 0 Å². The monoisotopic (exact) mass is 270 g/mol. The van der Waals surface area contributed by atoms with Crippen molar-refractivity contribution in [3.8, 4) is 0 Å². The van der Waals surface area contributed by atoms with Gasteiger partial charge in [0, 0.05) is 0 Å². The smallest absolute Gasteiger partial charge is 0.287 e. The second kappa shape index (κ2) is 8.22. The van der Waals surface area contributed by atoms with Crippen LogP contribution >= 0.6 is 7.82 Å². The van der Waals surface area contributed by atoms with Gasteiger partial charge in [-0.3, -0.25) is 13.6 Å². The molecule has 18 heavy (non-hydrogen) atoms. The number of rotatable bonds is 8. The molecule has 1 aromatic rings. The molecular formula is C13H19O4P. The van der Waals surface area contributed by atoms with Crippen molar-refractivity contribution in [1.82, 2.24) is 0 Å². The summed E-state index contributed by atoms with van der Waals surface area (Å²) in [4.78, 5) is 0. The maximum absolute atomic E-state index is 11.9. The third-order valence-electron chi connectivity index (χ3n) is 2.01. The first-order valence-electron chi connectivity index (χ1n) is 5.95. The quantitative estimate of drug-likeness (QED) is 0.672. The molecule has 0 aliphatic rings. The van der Waals surface area contributed by atoms with Crippen LogP contribution in [0.4, 0.5) is 0 Å². The van der Waals surface area contributed by atoms with Crippen molar-refractivity contribution in [2.75, 3.05) is 19.8 Å². The Kier molecular flexibility index (Phi) is 6.91. The Morgan fingerprint density at radius 2 is 1.67 bits per heavy atom. The maximum atomic E-state index is 11.9. The molecule has 0 heterocycles. The van der Waals surface area contributed by atoms with E-state index in [1.807, 2.05) is 36.4 Å². The van der Waals surface area contributed by atoms with Gasteiger partial charge >= 0.3 is 7.82 Å². The number of hydrogen-bond acceptors (Lipinski definition) is 4. The van der Waals surface area contributed by atoms with Crippen LogP contribution in [0.2, 0.25) is 0 Å². The number of benzene rings is 1. The molecular weight excluding hydrogens is 251 g/mol. The van der Waals surface area contributed by atoms with Crippen molar-refractivity contribution in [2.45, 2.75) is 13.8 Å². The van der Waals surface area contributed by atoms with Gasteiger partial charge in [0.2, 0.25) is 0 Å². The first kappa shape index (κ1) is 15.1. The van der Waals surface area contributed by atoms with Gasteiger partial charge in [-0.15, -0.1) is 0 Å². The van der Waals surface area contributed by atoms with Crippen LogP contribution in [-0.4, -0.2) is 19.8 Å². The SMILES string of the molecule is CCOP(=O)(OCC)OC/C=C\c1ccccc1. The third kappa shape index (κ3) is 5.61. The summed E-state index contributed by atoms with van der Waals surface area (Å²) in [6.07, 6.45) is 3.67. The van der Waals surface area contributed by atoms with Gasteiger partial charge in [-0.05, 0) is 19.4 Å². The molecule has 5 heteroatoms. The van der Waals surface area contributed by atoms with Crippen LogP contribution in [0, 0.1) is 0 Å². The number of phosphoric acid groups is 1. The van der Waals surface area contributed by atoms with Gasteiger partial charge < -0.3 is 0 Å². The van der Waals surface area contributed by atoms with Crippen molar-refractivity contribution in [3.63, 3.8) is 0 Å². The molecule has 100 valence electrons. The topological polar surface area (TPSA) is 44.8 Å². The Labute approximate surface area is 108 Å². The molecule has 0 saturated heterocycles. The molecule has 4 nitrogen and oxygen atoms in total. The molecule has 0 atom stereocenters. The molecule has 1 aromatic carbocycles. The average Bonchev–Trinajstić information content (AvgIpc) is 2.37. The molecule has 1 rings (SSSR count). The minimum atomic E-state index is -3.39. The molecule has 0 fully saturated rings. The molecule has 0 amide bonds. The molecule has 0 N–H and O–H groups in total. The normalized spacial score (nSPS) is 12.1. The van der Waals surface area contributed by atoms with Crippen LogP contribution in [0.1, 0.15) is 19.4 Å². The van der Waals surface area contributed by atoms with E-state index in [1.165, 1.54) is 0 Å². The fraction of sp³-hybridized carbons (Fsp3) is 0.385. The maximum Gasteiger partial charge on any atom is 0.475 e. The molecule has 0 aliphatic carbocycles. The fourth-order valence-electron chi connectivity index (χ4n) is 1.31. The Morgan fingerprint density at radius 1 is 1.06 bits per heavy atom. The molecule has 0 spiro atoms. The van der Waals surface area contributed by atoms with Crippen molar-refractivity contribution in [3.05, 3.63) is 42.0 Å². The lowest BCUT2D eigenvalue weighted by molar-refractivity contribution is 0.131. The molecule has 0 aromatic heterocycles. The van der Waals surface area contributed by atoms with Gasteiger partial charge in [-0.25, -0.2) is 4.57 Å². The van der Waals surface area contributed by atoms with E-state index in [1.54, 1.807) is 19.9 Å². The predicted molar refractivity (Wildman–Crippen MR) is 72.3 cm³/mol. The van der Waals surface area contributed by atoms with E-state index < -0.39 is 7.82 Å². The Balaban J connectivity index is 2.44. The van der Waals surface area contributed by atoms with Gasteiger partial charge in [0.05, 0.1) is 19.8 Å². The highest BCUT2D eigenvalue weighted by Crippen LogP contribution is 2.49. The van der Waals surface area contributed by atoms with Crippen molar-refractivity contribution < 1.29 is 18.1 Å². The number of hydrogen-bond donors (Lipinski definition) is 0. The van der Waals surface area contributed by atoms with Crippen molar-refractivity contribution in [1.29, 1.82) is 0 Å². The van der Waals surface area contributed by atoms with Crippen LogP contribution in [0.5, 0.6) is 0 Å². The molecule has 0 aliphatic heterocycles. The first-order chi connectivity index (χ1) is 8.70. The lowest BCUT2D eigenvalue weighted by atomic mass is 10.2. The van der Waals surface area contributed by atoms with E-state index in [0.717, 1.165) is 5.56 Å². The summed E-state index contributed by atoms with van der Waals surface area (Å²) in [5, 5.41) is 0. The van der Waals surface area contributed by atoms with E-state index in [9.17, 15) is 4.57 Å². The summed E-state index contributed by atoms with van der Waals surface area (Å²) in [7, 11) is -3.39. The van der Waals surface area contributed by atoms with Gasteiger partial charge in [0.15, 0.2) is 0 Å². The fourth-order valence-corrected chi connectivity index (χ4v) is 2.44. The summed E-state index contributed by atoms with van der Waals surface area (Å²) in [5.74, 6) is 0. The van der Waals surface area contributed by atoms with Gasteiger partial charge in [-0.2, -0.15) is 0 Å². The second-order valence-corrected chi connectivity index (χ2v) is 5.06. The van der Waals surface area contributed by atoms with E-state index in [2.05, 4.69) is 0 Å². The summed E-state index contributed by atoms with van der Waals surface area (Å²) < 4.78 is 27.1. The van der Waals surface area contributed by atoms with Crippen LogP contribution in [0.25, 0.3) is 6.08 Å². The highest BCUT2D eigenvalue weighted by molar-refractivity contribution is 7.48. The van der Waals surface area contributed by atoms with Crippen molar-refractivity contribution in [2.24, 2.45) is 0 Å². The van der Waals surface area contributed by atoms with E-state index >= 15 is 0 Å². The second-order valence-electron chi connectivity index (χ2n) is 3.39. The highest BCUT2D eigenvalue weighted by atomic mass is 31.2. The zero-order valence-corrected chi connectivity index (χ0v) is 11.6. The molecule has 0 saturated carbocycles. The molecule has 0 bridgehead atoms. The summed E-state index contributed by atoms with van der Waals surface area (Å²) in [5.41, 5.74) is 1.06. The third-order valence-corrected chi connectivity index (χ3v) is 3.63. The minimum Gasteiger partial charge on any atom is -0.287 e. The van der Waals surface area contributed by atoms with E-state index in [4.69, 9.17) is 13.6 Å². The minimum absolute atomic E-state index is 0.187. The average molecular weight is 270 g/mol. The van der Waals surface area contributed by atoms with Gasteiger partial charge in [0.25, 0.3) is 0 Å². The largest absolute Gasteiger partial charge is 0.475 e. The van der Waals surface area contributed by atoms with Gasteiger partial charge in [-0.1, -0.05) is 42.5 Å². The standard InChI is InChI=1S/C13H19O4P/c1-3-15-18(14,16-4-2)17-12-8-11-13-9-6-5-7-10-13/h5-11H,3-4,12H2,1-2H3/b11-8-. The van der Waals surface area contributed by atoms with Crippen LogP contribution in [0.3, 0.4) is 0 Å².